The molecule has 0 aliphatic carbocycles. The van der Waals surface area contributed by atoms with Gasteiger partial charge in [-0.3, -0.25) is 4.90 Å². The molecule has 0 bridgehead atoms. The zero-order chi connectivity index (χ0) is 13.1. The van der Waals surface area contributed by atoms with Crippen LogP contribution in [0.15, 0.2) is 12.1 Å². The number of halogens is 3. The molecule has 18 heavy (non-hydrogen) atoms. The maximum Gasteiger partial charge on any atom is 0.266 e. The monoisotopic (exact) mass is 258 g/mol. The van der Waals surface area contributed by atoms with E-state index in [0.29, 0.717) is 12.1 Å². The number of piperazine rings is 1. The van der Waals surface area contributed by atoms with Gasteiger partial charge in [0.1, 0.15) is 5.82 Å². The number of nitrogens with one attached hydrogen (secondary N) is 1. The Kier molecular flexibility index (Phi) is 4.24. The molecule has 1 fully saturated rings. The van der Waals surface area contributed by atoms with Crippen molar-refractivity contribution in [3.8, 4) is 0 Å². The maximum absolute atomic E-state index is 13.6. The summed E-state index contributed by atoms with van der Waals surface area (Å²) in [6.45, 7) is 5.77. The van der Waals surface area contributed by atoms with Gasteiger partial charge in [-0.25, -0.2) is 13.2 Å². The summed E-state index contributed by atoms with van der Waals surface area (Å²) in [5, 5.41) is 3.23. The second kappa shape index (κ2) is 5.71. The van der Waals surface area contributed by atoms with Gasteiger partial charge < -0.3 is 5.32 Å². The van der Waals surface area contributed by atoms with Crippen molar-refractivity contribution in [1.82, 2.24) is 10.2 Å². The molecule has 2 nitrogen and oxygen atoms in total. The molecule has 0 amide bonds. The van der Waals surface area contributed by atoms with Crippen LogP contribution in [0.25, 0.3) is 0 Å². The van der Waals surface area contributed by atoms with Gasteiger partial charge in [-0.15, -0.1) is 0 Å². The van der Waals surface area contributed by atoms with Gasteiger partial charge in [-0.2, -0.15) is 0 Å². The number of nitrogens with zero attached hydrogens (tertiary/aromatic N) is 1. The molecular formula is C13H17F3N2. The van der Waals surface area contributed by atoms with E-state index in [1.165, 1.54) is 13.0 Å². The summed E-state index contributed by atoms with van der Waals surface area (Å²) in [4.78, 5) is 2.19. The maximum atomic E-state index is 13.6. The van der Waals surface area contributed by atoms with Crippen molar-refractivity contribution >= 4 is 0 Å². The number of hydrogen-bond donors (Lipinski definition) is 1. The Morgan fingerprint density at radius 2 is 1.94 bits per heavy atom. The summed E-state index contributed by atoms with van der Waals surface area (Å²) in [5.74, 6) is -0.796. The fourth-order valence-electron chi connectivity index (χ4n) is 2.32. The summed E-state index contributed by atoms with van der Waals surface area (Å²) in [7, 11) is 0. The van der Waals surface area contributed by atoms with Gasteiger partial charge in [0.15, 0.2) is 0 Å². The van der Waals surface area contributed by atoms with E-state index in [9.17, 15) is 13.2 Å². The lowest BCUT2D eigenvalue weighted by Gasteiger charge is -2.27. The Morgan fingerprint density at radius 3 is 2.50 bits per heavy atom. The van der Waals surface area contributed by atoms with Crippen LogP contribution in [0.4, 0.5) is 13.2 Å². The summed E-state index contributed by atoms with van der Waals surface area (Å²) in [5.41, 5.74) is 0.616. The van der Waals surface area contributed by atoms with E-state index in [-0.39, 0.29) is 0 Å². The molecule has 1 aromatic rings. The molecule has 0 unspecified atom stereocenters. The predicted octanol–water partition coefficient (Wildman–Crippen LogP) is 2.48. The molecule has 1 N–H and O–H groups in total. The van der Waals surface area contributed by atoms with Gasteiger partial charge in [0.25, 0.3) is 6.43 Å². The first-order valence-corrected chi connectivity index (χ1v) is 6.08. The highest BCUT2D eigenvalue weighted by Gasteiger charge is 2.18. The topological polar surface area (TPSA) is 15.3 Å². The summed E-state index contributed by atoms with van der Waals surface area (Å²) in [6, 6.07) is 2.89. The van der Waals surface area contributed by atoms with E-state index in [4.69, 9.17) is 0 Å². The van der Waals surface area contributed by atoms with Crippen molar-refractivity contribution in [2.45, 2.75) is 19.9 Å². The standard InChI is InChI=1S/C13H17F3N2/c1-9-6-10(7-11(14)12(9)13(15)16)8-18-4-2-17-3-5-18/h6-7,13,17H,2-5,8H2,1H3. The third-order valence-corrected chi connectivity index (χ3v) is 3.23. The molecule has 5 heteroatoms. The number of rotatable bonds is 3. The van der Waals surface area contributed by atoms with E-state index in [1.54, 1.807) is 6.07 Å². The zero-order valence-electron chi connectivity index (χ0n) is 10.3. The first-order valence-electron chi connectivity index (χ1n) is 6.08. The molecule has 1 aliphatic rings. The molecule has 1 aromatic carbocycles. The smallest absolute Gasteiger partial charge is 0.266 e. The Bertz CT molecular complexity index is 392. The van der Waals surface area contributed by atoms with Crippen LogP contribution in [0.5, 0.6) is 0 Å². The second-order valence-electron chi connectivity index (χ2n) is 4.64. The highest BCUT2D eigenvalue weighted by Crippen LogP contribution is 2.27. The van der Waals surface area contributed by atoms with Crippen LogP contribution in [0, 0.1) is 12.7 Å². The van der Waals surface area contributed by atoms with Crippen molar-refractivity contribution < 1.29 is 13.2 Å². The molecule has 0 spiro atoms. The van der Waals surface area contributed by atoms with Gasteiger partial charge in [0.05, 0.1) is 5.56 Å². The average molecular weight is 258 g/mol. The number of aryl methyl sites for hydroxylation is 1. The van der Waals surface area contributed by atoms with Crippen molar-refractivity contribution in [1.29, 1.82) is 0 Å². The number of hydrogen-bond acceptors (Lipinski definition) is 2. The van der Waals surface area contributed by atoms with Crippen LogP contribution < -0.4 is 5.32 Å². The molecule has 0 aromatic heterocycles. The molecule has 0 saturated carbocycles. The molecule has 2 rings (SSSR count). The summed E-state index contributed by atoms with van der Waals surface area (Å²) in [6.07, 6.45) is -2.75. The first-order chi connectivity index (χ1) is 8.58. The highest BCUT2D eigenvalue weighted by atomic mass is 19.3. The van der Waals surface area contributed by atoms with Crippen molar-refractivity contribution in [2.24, 2.45) is 0 Å². The predicted molar refractivity (Wildman–Crippen MR) is 64.2 cm³/mol. The normalized spacial score (nSPS) is 17.4. The lowest BCUT2D eigenvalue weighted by atomic mass is 10.0. The molecule has 1 heterocycles. The fourth-order valence-corrected chi connectivity index (χ4v) is 2.32. The van der Waals surface area contributed by atoms with Gasteiger partial charge in [-0.05, 0) is 24.1 Å². The molecule has 1 aliphatic heterocycles. The minimum atomic E-state index is -2.75. The Balaban J connectivity index is 2.14. The van der Waals surface area contributed by atoms with E-state index >= 15 is 0 Å². The van der Waals surface area contributed by atoms with E-state index in [1.807, 2.05) is 0 Å². The van der Waals surface area contributed by atoms with Crippen LogP contribution in [0.1, 0.15) is 23.1 Å². The summed E-state index contributed by atoms with van der Waals surface area (Å²) < 4.78 is 38.8. The zero-order valence-corrected chi connectivity index (χ0v) is 10.3. The lowest BCUT2D eigenvalue weighted by molar-refractivity contribution is 0.145. The summed E-state index contributed by atoms with van der Waals surface area (Å²) >= 11 is 0. The Hall–Kier alpha value is -1.07. The minimum Gasteiger partial charge on any atom is -0.314 e. The lowest BCUT2D eigenvalue weighted by Crippen LogP contribution is -2.42. The fraction of sp³-hybridized carbons (Fsp3) is 0.538. The third-order valence-electron chi connectivity index (χ3n) is 3.23. The first kappa shape index (κ1) is 13.4. The Morgan fingerprint density at radius 1 is 1.28 bits per heavy atom. The molecule has 100 valence electrons. The average Bonchev–Trinajstić information content (AvgIpc) is 2.28. The number of benzene rings is 1. The second-order valence-corrected chi connectivity index (χ2v) is 4.64. The molecule has 1 saturated heterocycles. The van der Waals surface area contributed by atoms with E-state index < -0.39 is 17.8 Å². The third kappa shape index (κ3) is 3.03. The largest absolute Gasteiger partial charge is 0.314 e. The van der Waals surface area contributed by atoms with Crippen molar-refractivity contribution in [3.63, 3.8) is 0 Å². The number of alkyl halides is 2. The van der Waals surface area contributed by atoms with Crippen LogP contribution >= 0.6 is 0 Å². The van der Waals surface area contributed by atoms with E-state index in [2.05, 4.69) is 10.2 Å². The van der Waals surface area contributed by atoms with Gasteiger partial charge in [0.2, 0.25) is 0 Å². The SMILES string of the molecule is Cc1cc(CN2CCNCC2)cc(F)c1C(F)F. The van der Waals surface area contributed by atoms with Gasteiger partial charge in [0, 0.05) is 32.7 Å². The highest BCUT2D eigenvalue weighted by molar-refractivity contribution is 5.33. The molecule has 0 radical (unpaired) electrons. The van der Waals surface area contributed by atoms with Gasteiger partial charge >= 0.3 is 0 Å². The van der Waals surface area contributed by atoms with Gasteiger partial charge in [-0.1, -0.05) is 6.07 Å². The van der Waals surface area contributed by atoms with Crippen molar-refractivity contribution in [2.75, 3.05) is 26.2 Å². The molecular weight excluding hydrogens is 241 g/mol. The van der Waals surface area contributed by atoms with Crippen LogP contribution in [0.3, 0.4) is 0 Å². The van der Waals surface area contributed by atoms with Crippen LogP contribution in [-0.4, -0.2) is 31.1 Å². The van der Waals surface area contributed by atoms with Crippen LogP contribution in [-0.2, 0) is 6.54 Å². The Labute approximate surface area is 105 Å². The van der Waals surface area contributed by atoms with Crippen LogP contribution in [0.2, 0.25) is 0 Å². The minimum absolute atomic E-state index is 0.329. The molecule has 0 atom stereocenters. The quantitative estimate of drug-likeness (QED) is 0.896. The van der Waals surface area contributed by atoms with E-state index in [0.717, 1.165) is 31.7 Å². The van der Waals surface area contributed by atoms with Crippen molar-refractivity contribution in [3.05, 3.63) is 34.6 Å².